The molecule has 3 N–H and O–H groups in total. The molecule has 0 spiro atoms. The zero-order chi connectivity index (χ0) is 26.2. The van der Waals surface area contributed by atoms with Crippen molar-refractivity contribution in [2.45, 2.75) is 31.3 Å². The number of hydrogen-bond donors (Lipinski definition) is 2. The minimum atomic E-state index is -0.839. The maximum atomic E-state index is 14.5. The maximum Gasteiger partial charge on any atom is 0.413 e. The number of amides is 2. The highest BCUT2D eigenvalue weighted by Crippen LogP contribution is 2.48. The molecule has 0 saturated heterocycles. The summed E-state index contributed by atoms with van der Waals surface area (Å²) in [5.41, 5.74) is 9.04. The summed E-state index contributed by atoms with van der Waals surface area (Å²) >= 11 is 6.17. The number of primary amides is 1. The van der Waals surface area contributed by atoms with Gasteiger partial charge in [-0.2, -0.15) is 5.10 Å². The van der Waals surface area contributed by atoms with Crippen LogP contribution in [-0.2, 0) is 14.9 Å². The second kappa shape index (κ2) is 9.71. The molecular formula is C28H24ClFN4O3. The van der Waals surface area contributed by atoms with Gasteiger partial charge in [0.15, 0.2) is 11.6 Å². The van der Waals surface area contributed by atoms with Crippen molar-refractivity contribution in [1.29, 1.82) is 0 Å². The van der Waals surface area contributed by atoms with Crippen LogP contribution in [0.1, 0.15) is 37.0 Å². The van der Waals surface area contributed by atoms with E-state index in [0.717, 1.165) is 35.7 Å². The van der Waals surface area contributed by atoms with E-state index in [2.05, 4.69) is 10.4 Å². The van der Waals surface area contributed by atoms with Crippen molar-refractivity contribution in [2.75, 3.05) is 5.32 Å². The summed E-state index contributed by atoms with van der Waals surface area (Å²) < 4.78 is 21.2. The summed E-state index contributed by atoms with van der Waals surface area (Å²) in [5, 5.41) is 6.97. The van der Waals surface area contributed by atoms with Crippen LogP contribution < -0.4 is 11.1 Å². The van der Waals surface area contributed by atoms with Crippen molar-refractivity contribution < 1.29 is 18.7 Å². The molecule has 188 valence electrons. The second-order valence-corrected chi connectivity index (χ2v) is 9.42. The Hall–Kier alpha value is -4.17. The van der Waals surface area contributed by atoms with Gasteiger partial charge in [0.05, 0.1) is 17.3 Å². The monoisotopic (exact) mass is 518 g/mol. The van der Waals surface area contributed by atoms with E-state index in [0.29, 0.717) is 16.3 Å². The van der Waals surface area contributed by atoms with Gasteiger partial charge in [-0.3, -0.25) is 10.1 Å². The third-order valence-corrected chi connectivity index (χ3v) is 7.02. The fourth-order valence-electron chi connectivity index (χ4n) is 4.37. The van der Waals surface area contributed by atoms with Gasteiger partial charge in [-0.05, 0) is 54.7 Å². The summed E-state index contributed by atoms with van der Waals surface area (Å²) in [7, 11) is 0. The number of rotatable bonds is 7. The molecule has 1 atom stereocenters. The lowest BCUT2D eigenvalue weighted by molar-refractivity contribution is -0.120. The second-order valence-electron chi connectivity index (χ2n) is 9.02. The van der Waals surface area contributed by atoms with Gasteiger partial charge >= 0.3 is 6.09 Å². The highest BCUT2D eigenvalue weighted by Gasteiger charge is 2.49. The Morgan fingerprint density at radius 1 is 1.05 bits per heavy atom. The number of halogens is 2. The highest BCUT2D eigenvalue weighted by atomic mass is 35.5. The summed E-state index contributed by atoms with van der Waals surface area (Å²) in [5.74, 6) is -1.14. The van der Waals surface area contributed by atoms with Gasteiger partial charge in [0.25, 0.3) is 0 Å². The van der Waals surface area contributed by atoms with Gasteiger partial charge < -0.3 is 10.5 Å². The number of nitrogens with zero attached hydrogens (tertiary/aromatic N) is 2. The first-order valence-electron chi connectivity index (χ1n) is 11.8. The predicted molar refractivity (Wildman–Crippen MR) is 139 cm³/mol. The Kier molecular flexibility index (Phi) is 6.43. The van der Waals surface area contributed by atoms with Gasteiger partial charge in [-0.1, -0.05) is 66.2 Å². The Balaban J connectivity index is 1.30. The van der Waals surface area contributed by atoms with E-state index in [9.17, 15) is 14.0 Å². The molecular weight excluding hydrogens is 495 g/mol. The molecule has 1 saturated carbocycles. The number of hydrogen-bond acceptors (Lipinski definition) is 4. The Bertz CT molecular complexity index is 1460. The highest BCUT2D eigenvalue weighted by molar-refractivity contribution is 6.31. The molecule has 3 aromatic carbocycles. The number of benzene rings is 3. The minimum Gasteiger partial charge on any atom is -0.441 e. The number of carbonyl (C=O) groups is 2. The Morgan fingerprint density at radius 2 is 1.68 bits per heavy atom. The average Bonchev–Trinajstić information content (AvgIpc) is 3.64. The molecule has 0 aliphatic heterocycles. The molecule has 7 nitrogen and oxygen atoms in total. The van der Waals surface area contributed by atoms with Crippen LogP contribution in [0.25, 0.3) is 16.8 Å². The molecule has 1 heterocycles. The van der Waals surface area contributed by atoms with Crippen molar-refractivity contribution in [3.05, 3.63) is 101 Å². The van der Waals surface area contributed by atoms with E-state index < -0.39 is 23.4 Å². The van der Waals surface area contributed by atoms with E-state index >= 15 is 0 Å². The van der Waals surface area contributed by atoms with E-state index in [1.54, 1.807) is 43.3 Å². The largest absolute Gasteiger partial charge is 0.441 e. The Labute approximate surface area is 218 Å². The van der Waals surface area contributed by atoms with Crippen molar-refractivity contribution in [3.8, 4) is 16.8 Å². The van der Waals surface area contributed by atoms with Crippen molar-refractivity contribution in [2.24, 2.45) is 5.73 Å². The fraction of sp³-hybridized carbons (Fsp3) is 0.179. The third kappa shape index (κ3) is 4.80. The van der Waals surface area contributed by atoms with Gasteiger partial charge in [0, 0.05) is 10.6 Å². The lowest BCUT2D eigenvalue weighted by atomic mass is 9.93. The molecule has 1 fully saturated rings. The predicted octanol–water partition coefficient (Wildman–Crippen LogP) is 6.16. The van der Waals surface area contributed by atoms with E-state index in [4.69, 9.17) is 22.1 Å². The van der Waals surface area contributed by atoms with Gasteiger partial charge in [0.2, 0.25) is 5.91 Å². The molecule has 0 unspecified atom stereocenters. The molecule has 1 aliphatic carbocycles. The summed E-state index contributed by atoms with van der Waals surface area (Å²) in [4.78, 5) is 24.3. The van der Waals surface area contributed by atoms with Crippen LogP contribution in [0.2, 0.25) is 5.02 Å². The summed E-state index contributed by atoms with van der Waals surface area (Å²) in [6.45, 7) is 1.68. The third-order valence-electron chi connectivity index (χ3n) is 6.68. The zero-order valence-electron chi connectivity index (χ0n) is 19.9. The number of carbonyl (C=O) groups excluding carboxylic acids is 2. The summed E-state index contributed by atoms with van der Waals surface area (Å²) in [6.07, 6.45) is 1.09. The first-order valence-corrected chi connectivity index (χ1v) is 12.1. The normalized spacial score (nSPS) is 14.6. The number of ether oxygens (including phenoxy) is 1. The standard InChI is InChI=1S/C28H24ClFN4O3/c1-17(22-4-2-3-5-23(22)29)37-27(36)33-25-24(30)16-32-34(25)21-12-8-19(9-13-21)18-6-10-20(11-7-18)28(14-15-28)26(31)35/h2-13,16-17H,14-15H2,1H3,(H2,31,35)(H,33,36)/t17-/m1/s1. The molecule has 5 rings (SSSR count). The van der Waals surface area contributed by atoms with E-state index in [1.807, 2.05) is 36.4 Å². The van der Waals surface area contributed by atoms with E-state index in [1.165, 1.54) is 4.68 Å². The van der Waals surface area contributed by atoms with E-state index in [-0.39, 0.29) is 11.7 Å². The van der Waals surface area contributed by atoms with Crippen LogP contribution in [0.3, 0.4) is 0 Å². The first-order chi connectivity index (χ1) is 17.8. The molecule has 37 heavy (non-hydrogen) atoms. The molecule has 2 amide bonds. The molecule has 0 radical (unpaired) electrons. The molecule has 4 aromatic rings. The first kappa shape index (κ1) is 24.5. The Morgan fingerprint density at radius 3 is 2.27 bits per heavy atom. The van der Waals surface area contributed by atoms with Crippen LogP contribution in [0, 0.1) is 5.82 Å². The molecule has 9 heteroatoms. The average molecular weight is 519 g/mol. The lowest BCUT2D eigenvalue weighted by Crippen LogP contribution is -2.28. The number of anilines is 1. The summed E-state index contributed by atoms with van der Waals surface area (Å²) in [6, 6.07) is 22.1. The maximum absolute atomic E-state index is 14.5. The fourth-order valence-corrected chi connectivity index (χ4v) is 4.66. The smallest absolute Gasteiger partial charge is 0.413 e. The van der Waals surface area contributed by atoms with Crippen LogP contribution in [0.15, 0.2) is 79.0 Å². The van der Waals surface area contributed by atoms with Crippen molar-refractivity contribution in [3.63, 3.8) is 0 Å². The topological polar surface area (TPSA) is 99.2 Å². The van der Waals surface area contributed by atoms with Gasteiger partial charge in [-0.15, -0.1) is 0 Å². The number of aromatic nitrogens is 2. The van der Waals surface area contributed by atoms with Crippen LogP contribution in [0.5, 0.6) is 0 Å². The number of nitrogens with one attached hydrogen (secondary N) is 1. The van der Waals surface area contributed by atoms with Crippen LogP contribution >= 0.6 is 11.6 Å². The van der Waals surface area contributed by atoms with Gasteiger partial charge in [-0.25, -0.2) is 13.9 Å². The van der Waals surface area contributed by atoms with Crippen LogP contribution in [-0.4, -0.2) is 21.8 Å². The lowest BCUT2D eigenvalue weighted by Gasteiger charge is -2.16. The van der Waals surface area contributed by atoms with Gasteiger partial charge in [0.1, 0.15) is 6.10 Å². The molecule has 0 bridgehead atoms. The van der Waals surface area contributed by atoms with Crippen LogP contribution in [0.4, 0.5) is 15.0 Å². The SMILES string of the molecule is C[C@@H](OC(=O)Nc1c(F)cnn1-c1ccc(-c2ccc(C3(C(N)=O)CC3)cc2)cc1)c1ccccc1Cl. The molecule has 1 aromatic heterocycles. The van der Waals surface area contributed by atoms with Crippen molar-refractivity contribution >= 4 is 29.4 Å². The van der Waals surface area contributed by atoms with Crippen molar-refractivity contribution in [1.82, 2.24) is 9.78 Å². The minimum absolute atomic E-state index is 0.144. The molecule has 1 aliphatic rings. The number of nitrogens with two attached hydrogens (primary N) is 1. The quantitative estimate of drug-likeness (QED) is 0.306. The zero-order valence-corrected chi connectivity index (χ0v) is 20.7.